The van der Waals surface area contributed by atoms with Crippen molar-refractivity contribution < 1.29 is 39.5 Å². The quantitative estimate of drug-likeness (QED) is 0.172. The maximum absolute atomic E-state index is 12.0. The van der Waals surface area contributed by atoms with Gasteiger partial charge in [-0.05, 0) is 48.5 Å². The van der Waals surface area contributed by atoms with Crippen molar-refractivity contribution in [2.24, 2.45) is 0 Å². The van der Waals surface area contributed by atoms with Crippen molar-refractivity contribution >= 4 is 21.9 Å². The lowest BCUT2D eigenvalue weighted by Crippen LogP contribution is -2.00. The molecule has 0 radical (unpaired) electrons. The van der Waals surface area contributed by atoms with E-state index in [-0.39, 0.29) is 68.0 Å². The maximum Gasteiger partial charge on any atom is 0.197 e. The Kier molecular flexibility index (Phi) is 6.50. The number of fused-ring (bicyclic) bond motifs is 2. The van der Waals surface area contributed by atoms with Crippen molar-refractivity contribution in [1.29, 1.82) is 0 Å². The standard InChI is InChI=1S/2C15H10O5/c2*16-9-3-1-8(2-4-9)13-7-12(19)15-11(18)5-10(17)6-14(15)20-13/h2*1-7,16-18H. The molecule has 6 N–H and O–H groups in total. The molecule has 2 heterocycles. The molecule has 0 bridgehead atoms. The SMILES string of the molecule is O=c1cc(-c2ccc(O)cc2)oc2cc(O)cc(O)c12.O=c1cc(-c2ccc(O)cc2)oc2cc(O)cc(O)c12. The molecular weight excluding hydrogens is 520 g/mol. The van der Waals surface area contributed by atoms with Gasteiger partial charge >= 0.3 is 0 Å². The van der Waals surface area contributed by atoms with Gasteiger partial charge in [-0.15, -0.1) is 0 Å². The van der Waals surface area contributed by atoms with E-state index in [1.165, 1.54) is 48.5 Å². The summed E-state index contributed by atoms with van der Waals surface area (Å²) in [6, 6.07) is 19.5. The number of hydrogen-bond acceptors (Lipinski definition) is 10. The summed E-state index contributed by atoms with van der Waals surface area (Å²) in [4.78, 5) is 24.0. The van der Waals surface area contributed by atoms with Gasteiger partial charge < -0.3 is 39.5 Å². The van der Waals surface area contributed by atoms with Crippen LogP contribution in [0.1, 0.15) is 0 Å². The van der Waals surface area contributed by atoms with Gasteiger partial charge in [0.15, 0.2) is 10.9 Å². The molecule has 0 fully saturated rings. The number of hydrogen-bond donors (Lipinski definition) is 6. The highest BCUT2D eigenvalue weighted by Gasteiger charge is 2.13. The van der Waals surface area contributed by atoms with Crippen LogP contribution in [0.4, 0.5) is 0 Å². The predicted octanol–water partition coefficient (Wildman–Crippen LogP) is 5.15. The summed E-state index contributed by atoms with van der Waals surface area (Å²) in [6.45, 7) is 0. The van der Waals surface area contributed by atoms with Gasteiger partial charge in [0.25, 0.3) is 0 Å². The van der Waals surface area contributed by atoms with Crippen LogP contribution in [0.5, 0.6) is 34.5 Å². The molecule has 0 aliphatic carbocycles. The number of phenolic OH excluding ortho intramolecular Hbond substituents is 6. The third-order valence-electron chi connectivity index (χ3n) is 5.89. The zero-order valence-corrected chi connectivity index (χ0v) is 20.4. The van der Waals surface area contributed by atoms with Gasteiger partial charge in [0.1, 0.15) is 68.0 Å². The lowest BCUT2D eigenvalue weighted by Gasteiger charge is -2.05. The summed E-state index contributed by atoms with van der Waals surface area (Å²) < 4.78 is 11.1. The van der Waals surface area contributed by atoms with E-state index in [1.54, 1.807) is 24.3 Å². The molecule has 40 heavy (non-hydrogen) atoms. The fourth-order valence-corrected chi connectivity index (χ4v) is 4.04. The summed E-state index contributed by atoms with van der Waals surface area (Å²) >= 11 is 0. The summed E-state index contributed by atoms with van der Waals surface area (Å²) in [5, 5.41) is 56.8. The van der Waals surface area contributed by atoms with Crippen LogP contribution < -0.4 is 10.9 Å². The van der Waals surface area contributed by atoms with Crippen LogP contribution >= 0.6 is 0 Å². The van der Waals surface area contributed by atoms with Crippen LogP contribution in [-0.2, 0) is 0 Å². The van der Waals surface area contributed by atoms with Gasteiger partial charge in [-0.1, -0.05) is 0 Å². The maximum atomic E-state index is 12.0. The topological polar surface area (TPSA) is 182 Å². The van der Waals surface area contributed by atoms with Crippen molar-refractivity contribution in [3.05, 3.63) is 105 Å². The second-order valence-corrected chi connectivity index (χ2v) is 8.72. The second kappa shape index (κ2) is 10.1. The van der Waals surface area contributed by atoms with Crippen LogP contribution in [0.25, 0.3) is 44.6 Å². The highest BCUT2D eigenvalue weighted by molar-refractivity contribution is 5.87. The summed E-state index contributed by atoms with van der Waals surface area (Å²) in [5.41, 5.74) is 0.573. The van der Waals surface area contributed by atoms with Crippen LogP contribution in [0.2, 0.25) is 0 Å². The van der Waals surface area contributed by atoms with Crippen molar-refractivity contribution in [1.82, 2.24) is 0 Å². The van der Waals surface area contributed by atoms with Gasteiger partial charge in [-0.25, -0.2) is 0 Å². The fraction of sp³-hybridized carbons (Fsp3) is 0. The molecule has 10 heteroatoms. The summed E-state index contributed by atoms with van der Waals surface area (Å²) in [5.74, 6) is -0.265. The van der Waals surface area contributed by atoms with E-state index in [2.05, 4.69) is 0 Å². The number of benzene rings is 4. The molecule has 4 aromatic carbocycles. The highest BCUT2D eigenvalue weighted by atomic mass is 16.3. The lowest BCUT2D eigenvalue weighted by atomic mass is 10.1. The zero-order valence-electron chi connectivity index (χ0n) is 20.4. The third kappa shape index (κ3) is 5.09. The van der Waals surface area contributed by atoms with Crippen molar-refractivity contribution in [2.75, 3.05) is 0 Å². The van der Waals surface area contributed by atoms with E-state index in [1.807, 2.05) is 0 Å². The van der Waals surface area contributed by atoms with Crippen molar-refractivity contribution in [3.63, 3.8) is 0 Å². The molecule has 2 aromatic heterocycles. The first-order valence-corrected chi connectivity index (χ1v) is 11.7. The Balaban J connectivity index is 0.000000161. The van der Waals surface area contributed by atoms with Gasteiger partial charge in [0, 0.05) is 47.5 Å². The predicted molar refractivity (Wildman–Crippen MR) is 146 cm³/mol. The zero-order chi connectivity index (χ0) is 28.6. The van der Waals surface area contributed by atoms with Gasteiger partial charge in [-0.3, -0.25) is 9.59 Å². The van der Waals surface area contributed by atoms with E-state index in [9.17, 15) is 40.2 Å². The van der Waals surface area contributed by atoms with Crippen LogP contribution in [0, 0.1) is 0 Å². The van der Waals surface area contributed by atoms with E-state index >= 15 is 0 Å². The molecule has 6 rings (SSSR count). The fourth-order valence-electron chi connectivity index (χ4n) is 4.04. The normalized spacial score (nSPS) is 10.8. The number of phenols is 6. The Bertz CT molecular complexity index is 1840. The number of aromatic hydroxyl groups is 6. The second-order valence-electron chi connectivity index (χ2n) is 8.72. The van der Waals surface area contributed by atoms with Gasteiger partial charge in [0.2, 0.25) is 0 Å². The summed E-state index contributed by atoms with van der Waals surface area (Å²) in [6.07, 6.45) is 0. The monoisotopic (exact) mass is 540 g/mol. The molecular formula is C30H20O10. The molecule has 0 aliphatic rings. The molecule has 0 spiro atoms. The Morgan fingerprint density at radius 1 is 0.425 bits per heavy atom. The molecule has 200 valence electrons. The van der Waals surface area contributed by atoms with Crippen LogP contribution in [-0.4, -0.2) is 30.6 Å². The highest BCUT2D eigenvalue weighted by Crippen LogP contribution is 2.32. The first-order valence-electron chi connectivity index (χ1n) is 11.7. The lowest BCUT2D eigenvalue weighted by molar-refractivity contribution is 0.451. The molecule has 0 aliphatic heterocycles. The minimum Gasteiger partial charge on any atom is -0.508 e. The van der Waals surface area contributed by atoms with Crippen LogP contribution in [0.3, 0.4) is 0 Å². The van der Waals surface area contributed by atoms with Gasteiger partial charge in [-0.2, -0.15) is 0 Å². The molecule has 6 aromatic rings. The number of rotatable bonds is 2. The first-order chi connectivity index (χ1) is 19.1. The molecule has 0 saturated heterocycles. The van der Waals surface area contributed by atoms with Crippen LogP contribution in [0.15, 0.2) is 103 Å². The Morgan fingerprint density at radius 3 is 1.12 bits per heavy atom. The smallest absolute Gasteiger partial charge is 0.197 e. The first kappa shape index (κ1) is 25.7. The molecule has 0 saturated carbocycles. The third-order valence-corrected chi connectivity index (χ3v) is 5.89. The van der Waals surface area contributed by atoms with Crippen molar-refractivity contribution in [3.8, 4) is 57.1 Å². The Hall–Kier alpha value is -5.90. The molecule has 10 nitrogen and oxygen atoms in total. The average Bonchev–Trinajstić information content (AvgIpc) is 2.88. The minimum atomic E-state index is -0.410. The molecule has 0 unspecified atom stereocenters. The Labute approximate surface area is 224 Å². The average molecular weight is 540 g/mol. The molecule has 0 atom stereocenters. The largest absolute Gasteiger partial charge is 0.508 e. The van der Waals surface area contributed by atoms with Gasteiger partial charge in [0.05, 0.1) is 0 Å². The molecule has 0 amide bonds. The Morgan fingerprint density at radius 2 is 0.775 bits per heavy atom. The van der Waals surface area contributed by atoms with E-state index < -0.39 is 10.9 Å². The minimum absolute atomic E-state index is 0.0188. The summed E-state index contributed by atoms with van der Waals surface area (Å²) in [7, 11) is 0. The van der Waals surface area contributed by atoms with E-state index in [0.29, 0.717) is 11.1 Å². The van der Waals surface area contributed by atoms with E-state index in [4.69, 9.17) is 8.83 Å². The van der Waals surface area contributed by atoms with E-state index in [0.717, 1.165) is 12.1 Å². The van der Waals surface area contributed by atoms with Crippen molar-refractivity contribution in [2.45, 2.75) is 0 Å².